The first-order valence-electron chi connectivity index (χ1n) is 7.26. The smallest absolute Gasteiger partial charge is 0.244 e. The van der Waals surface area contributed by atoms with Crippen LogP contribution in [0.3, 0.4) is 0 Å². The van der Waals surface area contributed by atoms with Gasteiger partial charge in [0.2, 0.25) is 5.91 Å². The molecule has 1 aliphatic rings. The molecule has 1 unspecified atom stereocenters. The zero-order chi connectivity index (χ0) is 16.6. The molecule has 0 bridgehead atoms. The number of halogens is 3. The van der Waals surface area contributed by atoms with Crippen LogP contribution in [0.25, 0.3) is 11.1 Å². The van der Waals surface area contributed by atoms with Crippen molar-refractivity contribution in [3.8, 4) is 11.1 Å². The SMILES string of the molecule is CNC1CCN(c2ccc(-c3ccccc3F)c(F)c2F)C1=O. The molecule has 23 heavy (non-hydrogen) atoms. The number of likely N-dealkylation sites (N-methyl/N-ethyl adjacent to an activating group) is 1. The molecule has 1 saturated heterocycles. The summed E-state index contributed by atoms with van der Waals surface area (Å²) in [4.78, 5) is 13.3. The van der Waals surface area contributed by atoms with E-state index in [0.717, 1.165) is 0 Å². The van der Waals surface area contributed by atoms with Crippen LogP contribution in [-0.2, 0) is 4.79 Å². The molecule has 3 rings (SSSR count). The number of anilines is 1. The highest BCUT2D eigenvalue weighted by atomic mass is 19.2. The summed E-state index contributed by atoms with van der Waals surface area (Å²) in [6.07, 6.45) is 0.519. The van der Waals surface area contributed by atoms with Crippen LogP contribution in [0.5, 0.6) is 0 Å². The number of rotatable bonds is 3. The highest BCUT2D eigenvalue weighted by Crippen LogP contribution is 2.33. The van der Waals surface area contributed by atoms with E-state index < -0.39 is 23.5 Å². The predicted molar refractivity (Wildman–Crippen MR) is 81.6 cm³/mol. The highest BCUT2D eigenvalue weighted by Gasteiger charge is 2.33. The van der Waals surface area contributed by atoms with Gasteiger partial charge in [-0.1, -0.05) is 18.2 Å². The Kier molecular flexibility index (Phi) is 4.09. The number of amides is 1. The van der Waals surface area contributed by atoms with Gasteiger partial charge in [-0.15, -0.1) is 0 Å². The van der Waals surface area contributed by atoms with E-state index in [1.54, 1.807) is 13.1 Å². The molecule has 1 amide bonds. The first-order chi connectivity index (χ1) is 11.0. The van der Waals surface area contributed by atoms with Crippen LogP contribution in [0.15, 0.2) is 36.4 Å². The molecule has 0 radical (unpaired) electrons. The second-order valence-corrected chi connectivity index (χ2v) is 5.36. The number of hydrogen-bond donors (Lipinski definition) is 1. The second kappa shape index (κ2) is 6.04. The summed E-state index contributed by atoms with van der Waals surface area (Å²) in [5.74, 6) is -3.24. The fourth-order valence-electron chi connectivity index (χ4n) is 2.82. The number of hydrogen-bond acceptors (Lipinski definition) is 2. The fraction of sp³-hybridized carbons (Fsp3) is 0.235. The zero-order valence-corrected chi connectivity index (χ0v) is 12.4. The highest BCUT2D eigenvalue weighted by molar-refractivity contribution is 5.99. The van der Waals surface area contributed by atoms with Gasteiger partial charge in [0.1, 0.15) is 5.82 Å². The molecule has 0 spiro atoms. The summed E-state index contributed by atoms with van der Waals surface area (Å²) in [5, 5.41) is 2.84. The van der Waals surface area contributed by atoms with Gasteiger partial charge in [-0.25, -0.2) is 13.2 Å². The van der Waals surface area contributed by atoms with Crippen molar-refractivity contribution in [1.82, 2.24) is 5.32 Å². The Labute approximate surface area is 131 Å². The number of carbonyl (C=O) groups excluding carboxylic acids is 1. The minimum atomic E-state index is -1.16. The van der Waals surface area contributed by atoms with Crippen molar-refractivity contribution >= 4 is 11.6 Å². The maximum Gasteiger partial charge on any atom is 0.244 e. The summed E-state index contributed by atoms with van der Waals surface area (Å²) in [5.41, 5.74) is -0.303. The Hall–Kier alpha value is -2.34. The summed E-state index contributed by atoms with van der Waals surface area (Å²) in [6, 6.07) is 7.80. The van der Waals surface area contributed by atoms with Crippen LogP contribution in [0.2, 0.25) is 0 Å². The molecule has 3 nitrogen and oxygen atoms in total. The second-order valence-electron chi connectivity index (χ2n) is 5.36. The molecule has 0 aromatic heterocycles. The molecule has 120 valence electrons. The maximum absolute atomic E-state index is 14.4. The molecular formula is C17H15F3N2O. The average Bonchev–Trinajstić information content (AvgIpc) is 2.92. The van der Waals surface area contributed by atoms with Crippen molar-refractivity contribution in [2.75, 3.05) is 18.5 Å². The van der Waals surface area contributed by atoms with Crippen molar-refractivity contribution in [3.63, 3.8) is 0 Å². The van der Waals surface area contributed by atoms with Gasteiger partial charge in [0.15, 0.2) is 11.6 Å². The zero-order valence-electron chi connectivity index (χ0n) is 12.4. The molecule has 0 saturated carbocycles. The van der Waals surface area contributed by atoms with Gasteiger partial charge in [-0.2, -0.15) is 0 Å². The van der Waals surface area contributed by atoms with E-state index >= 15 is 0 Å². The van der Waals surface area contributed by atoms with E-state index in [-0.39, 0.29) is 22.7 Å². The summed E-state index contributed by atoms with van der Waals surface area (Å²) >= 11 is 0. The minimum Gasteiger partial charge on any atom is -0.309 e. The summed E-state index contributed by atoms with van der Waals surface area (Å²) < 4.78 is 42.6. The largest absolute Gasteiger partial charge is 0.309 e. The number of carbonyl (C=O) groups is 1. The number of nitrogens with zero attached hydrogens (tertiary/aromatic N) is 1. The van der Waals surface area contributed by atoms with E-state index in [4.69, 9.17) is 0 Å². The van der Waals surface area contributed by atoms with E-state index in [0.29, 0.717) is 13.0 Å². The van der Waals surface area contributed by atoms with Crippen LogP contribution in [0.1, 0.15) is 6.42 Å². The van der Waals surface area contributed by atoms with Gasteiger partial charge < -0.3 is 10.2 Å². The number of benzene rings is 2. The van der Waals surface area contributed by atoms with Crippen molar-refractivity contribution in [2.45, 2.75) is 12.5 Å². The van der Waals surface area contributed by atoms with Crippen LogP contribution >= 0.6 is 0 Å². The van der Waals surface area contributed by atoms with E-state index in [2.05, 4.69) is 5.32 Å². The summed E-state index contributed by atoms with van der Waals surface area (Å²) in [6.45, 7) is 0.305. The fourth-order valence-corrected chi connectivity index (χ4v) is 2.82. The lowest BCUT2D eigenvalue weighted by molar-refractivity contribution is -0.118. The van der Waals surface area contributed by atoms with Gasteiger partial charge in [0, 0.05) is 17.7 Å². The third-order valence-electron chi connectivity index (χ3n) is 4.07. The number of nitrogens with one attached hydrogen (secondary N) is 1. The molecule has 1 fully saturated rings. The molecule has 2 aromatic rings. The third-order valence-corrected chi connectivity index (χ3v) is 4.07. The van der Waals surface area contributed by atoms with E-state index in [1.165, 1.54) is 35.2 Å². The lowest BCUT2D eigenvalue weighted by atomic mass is 10.0. The predicted octanol–water partition coefficient (Wildman–Crippen LogP) is 3.10. The Bertz CT molecular complexity index is 763. The van der Waals surface area contributed by atoms with Gasteiger partial charge in [-0.05, 0) is 31.7 Å². The molecule has 1 aliphatic heterocycles. The van der Waals surface area contributed by atoms with Gasteiger partial charge in [0.25, 0.3) is 0 Å². The van der Waals surface area contributed by atoms with Crippen molar-refractivity contribution < 1.29 is 18.0 Å². The Morgan fingerprint density at radius 3 is 2.43 bits per heavy atom. The van der Waals surface area contributed by atoms with Crippen LogP contribution < -0.4 is 10.2 Å². The Morgan fingerprint density at radius 1 is 1.04 bits per heavy atom. The quantitative estimate of drug-likeness (QED) is 0.942. The van der Waals surface area contributed by atoms with Gasteiger partial charge in [-0.3, -0.25) is 4.79 Å². The van der Waals surface area contributed by atoms with E-state index in [9.17, 15) is 18.0 Å². The van der Waals surface area contributed by atoms with Crippen LogP contribution in [-0.4, -0.2) is 25.5 Å². The molecule has 1 heterocycles. The van der Waals surface area contributed by atoms with E-state index in [1.807, 2.05) is 0 Å². The maximum atomic E-state index is 14.4. The molecule has 1 N–H and O–H groups in total. The van der Waals surface area contributed by atoms with Crippen LogP contribution in [0, 0.1) is 17.5 Å². The normalized spacial score (nSPS) is 17.8. The molecule has 6 heteroatoms. The lowest BCUT2D eigenvalue weighted by Crippen LogP contribution is -2.36. The standard InChI is InChI=1S/C17H15F3N2O/c1-21-13-8-9-22(17(13)23)14-7-6-11(15(19)16(14)20)10-4-2-3-5-12(10)18/h2-7,13,21H,8-9H2,1H3. The monoisotopic (exact) mass is 320 g/mol. The third kappa shape index (κ3) is 2.59. The average molecular weight is 320 g/mol. The van der Waals surface area contributed by atoms with Gasteiger partial charge >= 0.3 is 0 Å². The minimum absolute atomic E-state index is 0.0173. The first-order valence-corrected chi connectivity index (χ1v) is 7.26. The van der Waals surface area contributed by atoms with Crippen LogP contribution in [0.4, 0.5) is 18.9 Å². The van der Waals surface area contributed by atoms with Crippen molar-refractivity contribution in [2.24, 2.45) is 0 Å². The molecule has 0 aliphatic carbocycles. The summed E-state index contributed by atoms with van der Waals surface area (Å²) in [7, 11) is 1.64. The molecule has 2 aromatic carbocycles. The molecular weight excluding hydrogens is 305 g/mol. The molecule has 1 atom stereocenters. The van der Waals surface area contributed by atoms with Crippen molar-refractivity contribution in [3.05, 3.63) is 53.8 Å². The Balaban J connectivity index is 2.02. The van der Waals surface area contributed by atoms with Gasteiger partial charge in [0.05, 0.1) is 11.7 Å². The Morgan fingerprint density at radius 2 is 1.78 bits per heavy atom. The van der Waals surface area contributed by atoms with Crippen molar-refractivity contribution in [1.29, 1.82) is 0 Å². The topological polar surface area (TPSA) is 32.3 Å². The first kappa shape index (κ1) is 15.6. The lowest BCUT2D eigenvalue weighted by Gasteiger charge is -2.19.